The third-order valence-corrected chi connectivity index (χ3v) is 7.44. The average molecular weight is 551 g/mol. The molecule has 2 atom stereocenters. The highest BCUT2D eigenvalue weighted by Crippen LogP contribution is 2.40. The van der Waals surface area contributed by atoms with Gasteiger partial charge in [-0.2, -0.15) is 0 Å². The van der Waals surface area contributed by atoms with Crippen molar-refractivity contribution in [3.8, 4) is 5.75 Å². The lowest BCUT2D eigenvalue weighted by Gasteiger charge is -2.28. The maximum Gasteiger partial charge on any atom is 0.182 e. The number of hydrogen-bond acceptors (Lipinski definition) is 5. The number of aromatic hydroxyl groups is 1. The number of hydrogen-bond donors (Lipinski definition) is 2. The third kappa shape index (κ3) is 6.28. The fourth-order valence-electron chi connectivity index (χ4n) is 4.79. The number of nitrogens with one attached hydrogen (secondary N) is 1. The first-order valence-electron chi connectivity index (χ1n) is 12.0. The molecular formula is C27H40BrN3O2S. The van der Waals surface area contributed by atoms with Crippen LogP contribution in [-0.2, 0) is 17.3 Å². The van der Waals surface area contributed by atoms with Crippen molar-refractivity contribution in [2.45, 2.75) is 78.6 Å². The molecule has 34 heavy (non-hydrogen) atoms. The summed E-state index contributed by atoms with van der Waals surface area (Å²) >= 11 is 1.64. The van der Waals surface area contributed by atoms with Crippen molar-refractivity contribution in [1.82, 2.24) is 9.88 Å². The van der Waals surface area contributed by atoms with Crippen molar-refractivity contribution in [3.63, 3.8) is 0 Å². The molecule has 0 amide bonds. The Morgan fingerprint density at radius 1 is 1.18 bits per heavy atom. The van der Waals surface area contributed by atoms with E-state index in [1.54, 1.807) is 11.3 Å². The number of carbonyl (C=O) groups excluding carboxylic acids is 1. The average Bonchev–Trinajstić information content (AvgIpc) is 3.31. The van der Waals surface area contributed by atoms with E-state index in [4.69, 9.17) is 5.41 Å². The Kier molecular flexibility index (Phi) is 9.14. The maximum absolute atomic E-state index is 13.5. The lowest BCUT2D eigenvalue weighted by Crippen LogP contribution is -2.33. The summed E-state index contributed by atoms with van der Waals surface area (Å²) in [6.45, 7) is 15.4. The van der Waals surface area contributed by atoms with E-state index in [-0.39, 0.29) is 51.8 Å². The molecule has 2 N–H and O–H groups in total. The standard InChI is InChI=1S/C27H39N3O2S.BrH/c1-8-9-17-15-30(25(28)19(17)14-23-29-10-11-33-23)16-22(31)18-12-20(26(2,3)4)24(32)21(13-18)27(5,6)7;/h10-13,17,19,28,32H,8-9,14-16H2,1-7H3;1H/t17-,19+;/m0./s1. The van der Waals surface area contributed by atoms with E-state index >= 15 is 0 Å². The molecule has 1 aromatic carbocycles. The largest absolute Gasteiger partial charge is 0.507 e. The van der Waals surface area contributed by atoms with Crippen LogP contribution in [0.5, 0.6) is 5.75 Å². The number of Topliss-reactive ketones (excluding diaryl/α,β-unsaturated/α-hetero) is 1. The molecule has 2 heterocycles. The molecule has 0 unspecified atom stereocenters. The van der Waals surface area contributed by atoms with Gasteiger partial charge in [-0.3, -0.25) is 10.2 Å². The van der Waals surface area contributed by atoms with Crippen LogP contribution in [-0.4, -0.2) is 39.7 Å². The van der Waals surface area contributed by atoms with Crippen molar-refractivity contribution in [2.75, 3.05) is 13.1 Å². The molecule has 0 aliphatic carbocycles. The summed E-state index contributed by atoms with van der Waals surface area (Å²) in [4.78, 5) is 19.9. The number of carbonyl (C=O) groups is 1. The lowest BCUT2D eigenvalue weighted by molar-refractivity contribution is 0.0963. The Labute approximate surface area is 219 Å². The van der Waals surface area contributed by atoms with Gasteiger partial charge in [0.2, 0.25) is 0 Å². The molecule has 3 rings (SSSR count). The monoisotopic (exact) mass is 549 g/mol. The highest BCUT2D eigenvalue weighted by Gasteiger charge is 2.38. The first-order valence-corrected chi connectivity index (χ1v) is 12.8. The van der Waals surface area contributed by atoms with Crippen molar-refractivity contribution in [2.24, 2.45) is 11.8 Å². The van der Waals surface area contributed by atoms with Crippen LogP contribution in [0.25, 0.3) is 0 Å². The minimum absolute atomic E-state index is 0. The highest BCUT2D eigenvalue weighted by atomic mass is 79.9. The Morgan fingerprint density at radius 2 is 1.76 bits per heavy atom. The molecule has 5 nitrogen and oxygen atoms in total. The normalized spacial score (nSPS) is 18.8. The minimum Gasteiger partial charge on any atom is -0.507 e. The van der Waals surface area contributed by atoms with E-state index in [1.807, 2.05) is 28.6 Å². The van der Waals surface area contributed by atoms with Crippen LogP contribution < -0.4 is 0 Å². The molecule has 1 aromatic heterocycles. The summed E-state index contributed by atoms with van der Waals surface area (Å²) in [6.07, 6.45) is 4.70. The van der Waals surface area contributed by atoms with Gasteiger partial charge >= 0.3 is 0 Å². The number of thiazole rings is 1. The van der Waals surface area contributed by atoms with Gasteiger partial charge in [-0.1, -0.05) is 54.9 Å². The van der Waals surface area contributed by atoms with Gasteiger partial charge < -0.3 is 10.0 Å². The molecule has 0 radical (unpaired) electrons. The molecule has 188 valence electrons. The van der Waals surface area contributed by atoms with Crippen molar-refractivity contribution < 1.29 is 9.90 Å². The number of nitrogens with zero attached hydrogens (tertiary/aromatic N) is 2. The topological polar surface area (TPSA) is 77.3 Å². The van der Waals surface area contributed by atoms with Crippen molar-refractivity contribution >= 4 is 39.9 Å². The number of likely N-dealkylation sites (tertiary alicyclic amines) is 1. The zero-order chi connectivity index (χ0) is 24.6. The van der Waals surface area contributed by atoms with Crippen LogP contribution >= 0.6 is 28.3 Å². The molecule has 0 bridgehead atoms. The van der Waals surface area contributed by atoms with Crippen LogP contribution in [0.4, 0.5) is 0 Å². The number of amidine groups is 1. The van der Waals surface area contributed by atoms with Crippen LogP contribution in [0.2, 0.25) is 0 Å². The van der Waals surface area contributed by atoms with Gasteiger partial charge in [-0.25, -0.2) is 4.98 Å². The molecule has 1 aliphatic heterocycles. The summed E-state index contributed by atoms with van der Waals surface area (Å²) in [5, 5.41) is 22.9. The third-order valence-electron chi connectivity index (χ3n) is 6.64. The van der Waals surface area contributed by atoms with Crippen LogP contribution in [0.15, 0.2) is 23.7 Å². The number of phenols is 1. The summed E-state index contributed by atoms with van der Waals surface area (Å²) in [5.74, 6) is 1.32. The fourth-order valence-corrected chi connectivity index (χ4v) is 5.46. The quantitative estimate of drug-likeness (QED) is 0.373. The Balaban J connectivity index is 0.00000408. The van der Waals surface area contributed by atoms with E-state index in [1.165, 1.54) is 0 Å². The van der Waals surface area contributed by atoms with E-state index in [0.29, 0.717) is 17.3 Å². The first kappa shape index (κ1) is 28.5. The van der Waals surface area contributed by atoms with Gasteiger partial charge in [0.15, 0.2) is 5.78 Å². The molecule has 2 aromatic rings. The van der Waals surface area contributed by atoms with Crippen LogP contribution in [0.1, 0.15) is 87.8 Å². The maximum atomic E-state index is 13.5. The Bertz CT molecular complexity index is 971. The number of phenolic OH excluding ortho intramolecular Hbond substituents is 1. The molecule has 1 fully saturated rings. The van der Waals surface area contributed by atoms with Gasteiger partial charge in [0.05, 0.1) is 11.6 Å². The first-order chi connectivity index (χ1) is 15.3. The molecule has 0 spiro atoms. The highest BCUT2D eigenvalue weighted by molar-refractivity contribution is 8.93. The van der Waals surface area contributed by atoms with Gasteiger partial charge in [-0.15, -0.1) is 28.3 Å². The Morgan fingerprint density at radius 3 is 2.24 bits per heavy atom. The van der Waals surface area contributed by atoms with Gasteiger partial charge in [0, 0.05) is 47.2 Å². The second-order valence-corrected chi connectivity index (χ2v) is 12.4. The second kappa shape index (κ2) is 10.9. The summed E-state index contributed by atoms with van der Waals surface area (Å²) in [7, 11) is 0. The van der Waals surface area contributed by atoms with Crippen molar-refractivity contribution in [1.29, 1.82) is 5.41 Å². The number of halogens is 1. The zero-order valence-corrected chi connectivity index (χ0v) is 24.1. The van der Waals surface area contributed by atoms with E-state index < -0.39 is 0 Å². The predicted molar refractivity (Wildman–Crippen MR) is 147 cm³/mol. The number of ketones is 1. The van der Waals surface area contributed by atoms with E-state index in [2.05, 4.69) is 53.5 Å². The summed E-state index contributed by atoms with van der Waals surface area (Å²) < 4.78 is 0. The van der Waals surface area contributed by atoms with Gasteiger partial charge in [0.1, 0.15) is 11.6 Å². The zero-order valence-electron chi connectivity index (χ0n) is 21.6. The molecule has 1 saturated heterocycles. The van der Waals surface area contributed by atoms with Crippen LogP contribution in [0, 0.1) is 17.2 Å². The Hall–Kier alpha value is -1.73. The smallest absolute Gasteiger partial charge is 0.182 e. The predicted octanol–water partition coefficient (Wildman–Crippen LogP) is 6.77. The molecule has 0 saturated carbocycles. The summed E-state index contributed by atoms with van der Waals surface area (Å²) in [6, 6.07) is 3.70. The SMILES string of the molecule is Br.CCC[C@H]1CN(CC(=O)c2cc(C(C)(C)C)c(O)c(C(C)(C)C)c2)C(=N)[C@@H]1Cc1nccs1. The molecular weight excluding hydrogens is 510 g/mol. The van der Waals surface area contributed by atoms with E-state index in [0.717, 1.165) is 41.9 Å². The van der Waals surface area contributed by atoms with Gasteiger partial charge in [-0.05, 0) is 35.3 Å². The summed E-state index contributed by atoms with van der Waals surface area (Å²) in [5.41, 5.74) is 1.63. The number of benzene rings is 1. The molecule has 1 aliphatic rings. The molecule has 7 heteroatoms. The fraction of sp³-hybridized carbons (Fsp3) is 0.593. The second-order valence-electron chi connectivity index (χ2n) is 11.4. The number of aromatic nitrogens is 1. The van der Waals surface area contributed by atoms with Crippen molar-refractivity contribution in [3.05, 3.63) is 45.4 Å². The van der Waals surface area contributed by atoms with E-state index in [9.17, 15) is 9.90 Å². The number of rotatable bonds is 7. The van der Waals surface area contributed by atoms with Gasteiger partial charge in [0.25, 0.3) is 0 Å². The lowest BCUT2D eigenvalue weighted by atomic mass is 9.78. The van der Waals surface area contributed by atoms with Crippen LogP contribution in [0.3, 0.4) is 0 Å². The minimum atomic E-state index is -0.286.